The van der Waals surface area contributed by atoms with Crippen molar-refractivity contribution in [2.24, 2.45) is 10.7 Å². The third-order valence-electron chi connectivity index (χ3n) is 6.33. The quantitative estimate of drug-likeness (QED) is 0.557. The lowest BCUT2D eigenvalue weighted by molar-refractivity contribution is 0.161. The van der Waals surface area contributed by atoms with Gasteiger partial charge in [-0.1, -0.05) is 6.08 Å². The zero-order valence-corrected chi connectivity index (χ0v) is 17.8. The van der Waals surface area contributed by atoms with E-state index < -0.39 is 23.1 Å². The van der Waals surface area contributed by atoms with Crippen molar-refractivity contribution in [3.63, 3.8) is 0 Å². The van der Waals surface area contributed by atoms with Crippen molar-refractivity contribution >= 4 is 11.6 Å². The van der Waals surface area contributed by atoms with Gasteiger partial charge in [0.05, 0.1) is 13.2 Å². The van der Waals surface area contributed by atoms with E-state index in [1.54, 1.807) is 6.07 Å². The van der Waals surface area contributed by atoms with Crippen LogP contribution in [0.2, 0.25) is 0 Å². The normalized spacial score (nSPS) is 20.7. The molecule has 172 valence electrons. The van der Waals surface area contributed by atoms with E-state index in [0.29, 0.717) is 36.3 Å². The number of pyridine rings is 1. The number of amidine groups is 1. The van der Waals surface area contributed by atoms with E-state index in [1.165, 1.54) is 30.5 Å². The van der Waals surface area contributed by atoms with Crippen LogP contribution in [0, 0.1) is 17.6 Å². The average molecular weight is 465 g/mol. The van der Waals surface area contributed by atoms with E-state index in [1.807, 2.05) is 6.08 Å². The van der Waals surface area contributed by atoms with Crippen LogP contribution in [0.5, 0.6) is 11.5 Å². The second-order valence-corrected chi connectivity index (χ2v) is 8.26. The summed E-state index contributed by atoms with van der Waals surface area (Å²) in [5.41, 5.74) is 6.93. The van der Waals surface area contributed by atoms with Crippen molar-refractivity contribution < 1.29 is 27.4 Å². The zero-order chi connectivity index (χ0) is 23.4. The number of aromatic nitrogens is 1. The molecule has 6 nitrogen and oxygen atoms in total. The predicted molar refractivity (Wildman–Crippen MR) is 118 cm³/mol. The van der Waals surface area contributed by atoms with E-state index >= 15 is 8.78 Å². The van der Waals surface area contributed by atoms with Gasteiger partial charge in [0, 0.05) is 34.5 Å². The first-order chi connectivity index (χ1) is 16.5. The Balaban J connectivity index is 1.59. The molecule has 0 bridgehead atoms. The van der Waals surface area contributed by atoms with Crippen LogP contribution in [0.1, 0.15) is 23.1 Å². The number of fused-ring (bicyclic) bond motifs is 4. The fraction of sp³-hybridized carbons (Fsp3) is 0.200. The fourth-order valence-corrected chi connectivity index (χ4v) is 4.70. The number of rotatable bonds is 2. The molecule has 9 heteroatoms. The summed E-state index contributed by atoms with van der Waals surface area (Å²) in [6.07, 6.45) is 3.80. The van der Waals surface area contributed by atoms with E-state index in [2.05, 4.69) is 9.98 Å². The Bertz CT molecular complexity index is 1410. The molecule has 1 unspecified atom stereocenters. The van der Waals surface area contributed by atoms with E-state index in [0.717, 1.165) is 11.6 Å². The molecular weight excluding hydrogens is 447 g/mol. The van der Waals surface area contributed by atoms with Crippen molar-refractivity contribution in [1.29, 1.82) is 0 Å². The second kappa shape index (κ2) is 7.59. The minimum absolute atomic E-state index is 0.0214. The van der Waals surface area contributed by atoms with Gasteiger partial charge in [0.15, 0.2) is 17.1 Å². The van der Waals surface area contributed by atoms with Crippen molar-refractivity contribution in [2.75, 3.05) is 19.8 Å². The topological polar surface area (TPSA) is 79.0 Å². The Kier molecular flexibility index (Phi) is 4.63. The third kappa shape index (κ3) is 3.07. The molecule has 0 saturated carbocycles. The fourth-order valence-electron chi connectivity index (χ4n) is 4.70. The van der Waals surface area contributed by atoms with E-state index in [4.69, 9.17) is 19.9 Å². The first kappa shape index (κ1) is 20.7. The molecule has 6 rings (SSSR count). The van der Waals surface area contributed by atoms with Crippen LogP contribution in [0.25, 0.3) is 16.7 Å². The van der Waals surface area contributed by atoms with Crippen LogP contribution in [0.4, 0.5) is 13.2 Å². The van der Waals surface area contributed by atoms with Crippen LogP contribution in [0.3, 0.4) is 0 Å². The molecule has 3 aliphatic heterocycles. The Morgan fingerprint density at radius 1 is 1.00 bits per heavy atom. The lowest BCUT2D eigenvalue weighted by atomic mass is 9.79. The highest BCUT2D eigenvalue weighted by atomic mass is 19.1. The van der Waals surface area contributed by atoms with Gasteiger partial charge >= 0.3 is 0 Å². The molecule has 0 amide bonds. The molecule has 2 aromatic carbocycles. The van der Waals surface area contributed by atoms with Gasteiger partial charge in [-0.25, -0.2) is 18.8 Å². The van der Waals surface area contributed by atoms with E-state index in [-0.39, 0.29) is 35.3 Å². The summed E-state index contributed by atoms with van der Waals surface area (Å²) in [4.78, 5) is 8.14. The molecule has 0 fully saturated rings. The molecular formula is C25H18F3N3O3. The first-order valence-corrected chi connectivity index (χ1v) is 10.7. The van der Waals surface area contributed by atoms with Gasteiger partial charge in [-0.3, -0.25) is 0 Å². The van der Waals surface area contributed by atoms with Crippen LogP contribution in [0.15, 0.2) is 53.7 Å². The second-order valence-electron chi connectivity index (χ2n) is 8.26. The summed E-state index contributed by atoms with van der Waals surface area (Å²) >= 11 is 0. The van der Waals surface area contributed by atoms with Crippen LogP contribution in [-0.4, -0.2) is 30.8 Å². The summed E-state index contributed by atoms with van der Waals surface area (Å²) in [5.74, 6) is -2.21. The highest BCUT2D eigenvalue weighted by Gasteiger charge is 2.48. The van der Waals surface area contributed by atoms with Gasteiger partial charge in [-0.15, -0.1) is 0 Å². The maximum absolute atomic E-state index is 15.4. The Morgan fingerprint density at radius 2 is 1.88 bits per heavy atom. The summed E-state index contributed by atoms with van der Waals surface area (Å²) in [6.45, 7) is 0.919. The lowest BCUT2D eigenvalue weighted by Crippen LogP contribution is -2.32. The molecule has 0 radical (unpaired) electrons. The number of nitrogens with two attached hydrogens (primary N) is 1. The maximum atomic E-state index is 15.4. The summed E-state index contributed by atoms with van der Waals surface area (Å²) < 4.78 is 61.6. The van der Waals surface area contributed by atoms with Crippen molar-refractivity contribution in [3.05, 3.63) is 82.9 Å². The number of nitrogens with zero attached hydrogens (tertiary/aromatic N) is 2. The molecule has 34 heavy (non-hydrogen) atoms. The van der Waals surface area contributed by atoms with Crippen LogP contribution in [-0.2, 0) is 15.0 Å². The Labute approximate surface area is 192 Å². The van der Waals surface area contributed by atoms with Crippen molar-refractivity contribution in [1.82, 2.24) is 4.98 Å². The molecule has 3 aliphatic rings. The molecule has 0 aliphatic carbocycles. The highest BCUT2D eigenvalue weighted by molar-refractivity contribution is 5.79. The number of ether oxygens (including phenoxy) is 3. The highest BCUT2D eigenvalue weighted by Crippen LogP contribution is 2.53. The molecule has 2 N–H and O–H groups in total. The Morgan fingerprint density at radius 3 is 2.62 bits per heavy atom. The molecule has 1 aromatic heterocycles. The summed E-state index contributed by atoms with van der Waals surface area (Å²) in [7, 11) is 0. The minimum atomic E-state index is -1.29. The van der Waals surface area contributed by atoms with Crippen molar-refractivity contribution in [3.8, 4) is 22.6 Å². The van der Waals surface area contributed by atoms with Gasteiger partial charge < -0.3 is 19.9 Å². The van der Waals surface area contributed by atoms with Gasteiger partial charge in [0.2, 0.25) is 5.95 Å². The summed E-state index contributed by atoms with van der Waals surface area (Å²) in [5, 5.41) is 0. The number of hydrogen-bond acceptors (Lipinski definition) is 6. The molecule has 1 spiro atoms. The zero-order valence-electron chi connectivity index (χ0n) is 17.8. The number of aliphatic imine (C=N–C) groups is 1. The van der Waals surface area contributed by atoms with Gasteiger partial charge in [-0.05, 0) is 47.9 Å². The maximum Gasteiger partial charge on any atom is 0.283 e. The van der Waals surface area contributed by atoms with Gasteiger partial charge in [-0.2, -0.15) is 4.39 Å². The minimum Gasteiger partial charge on any atom is -0.462 e. The summed E-state index contributed by atoms with van der Waals surface area (Å²) in [6, 6.07) is 8.56. The molecule has 4 heterocycles. The van der Waals surface area contributed by atoms with E-state index in [9.17, 15) is 4.39 Å². The average Bonchev–Trinajstić information content (AvgIpc) is 3.23. The largest absolute Gasteiger partial charge is 0.462 e. The first-order valence-electron chi connectivity index (χ1n) is 10.7. The molecule has 3 aromatic rings. The van der Waals surface area contributed by atoms with Gasteiger partial charge in [0.1, 0.15) is 18.2 Å². The lowest BCUT2D eigenvalue weighted by Gasteiger charge is -2.34. The Hall–Kier alpha value is -3.85. The molecule has 0 saturated heterocycles. The predicted octanol–water partition coefficient (Wildman–Crippen LogP) is 4.66. The number of halogens is 3. The smallest absolute Gasteiger partial charge is 0.283 e. The molecule has 1 atom stereocenters. The third-order valence-corrected chi connectivity index (χ3v) is 6.33. The van der Waals surface area contributed by atoms with Crippen LogP contribution < -0.4 is 10.5 Å². The van der Waals surface area contributed by atoms with Crippen LogP contribution >= 0.6 is 0 Å². The number of benzene rings is 2. The standard InChI is InChI=1S/C25H18F3N3O3/c26-19-11-21-17(10-16(19)15-2-1-5-30-23(15)28)25(12-33-24(29)31-25)18-8-14(9-20(27)22(18)34-21)13-3-6-32-7-4-13/h1-3,5,8-11H,4,6-7,12H2,(H2,29,31). The van der Waals surface area contributed by atoms with Gasteiger partial charge in [0.25, 0.3) is 6.02 Å². The SMILES string of the molecule is NC1=NC2(CO1)c1cc(-c3cccnc3F)c(F)cc1Oc1c(F)cc(C3=CCOCC3)cc12. The monoisotopic (exact) mass is 465 g/mol. The van der Waals surface area contributed by atoms with Crippen molar-refractivity contribution in [2.45, 2.75) is 12.0 Å². The number of hydrogen-bond donors (Lipinski definition) is 1.